The Bertz CT molecular complexity index is 650. The van der Waals surface area contributed by atoms with Gasteiger partial charge in [-0.25, -0.2) is 4.68 Å². The minimum absolute atomic E-state index is 0.0609. The molecule has 0 saturated heterocycles. The molecule has 0 aliphatic heterocycles. The summed E-state index contributed by atoms with van der Waals surface area (Å²) in [6.45, 7) is 8.30. The molecule has 0 bridgehead atoms. The van der Waals surface area contributed by atoms with Crippen molar-refractivity contribution < 1.29 is 9.90 Å². The highest BCUT2D eigenvalue weighted by Crippen LogP contribution is 2.25. The molecule has 1 heterocycles. The van der Waals surface area contributed by atoms with Gasteiger partial charge in [0.05, 0.1) is 18.2 Å². The summed E-state index contributed by atoms with van der Waals surface area (Å²) in [4.78, 5) is 12.1. The SMILES string of the molecule is CC(C)C(O)C(C)(C)CNC(=O)Cc1ccc(-n2cnnn2)cc1. The molecule has 0 radical (unpaired) electrons. The molecule has 1 aromatic carbocycles. The van der Waals surface area contributed by atoms with Gasteiger partial charge in [-0.05, 0) is 34.0 Å². The molecule has 2 aromatic rings. The van der Waals surface area contributed by atoms with Gasteiger partial charge in [0, 0.05) is 12.0 Å². The molecular formula is C17H25N5O2. The largest absolute Gasteiger partial charge is 0.392 e. The lowest BCUT2D eigenvalue weighted by atomic mass is 9.80. The second-order valence-corrected chi connectivity index (χ2v) is 7.05. The second kappa shape index (κ2) is 7.53. The van der Waals surface area contributed by atoms with Gasteiger partial charge >= 0.3 is 0 Å². The van der Waals surface area contributed by atoms with Gasteiger partial charge in [-0.15, -0.1) is 5.10 Å². The number of nitrogens with one attached hydrogen (secondary N) is 1. The van der Waals surface area contributed by atoms with Crippen molar-refractivity contribution >= 4 is 5.91 Å². The van der Waals surface area contributed by atoms with Gasteiger partial charge in [-0.1, -0.05) is 39.8 Å². The number of amides is 1. The summed E-state index contributed by atoms with van der Waals surface area (Å²) in [5.74, 6) is 0.0879. The number of carbonyl (C=O) groups is 1. The lowest BCUT2D eigenvalue weighted by Gasteiger charge is -2.33. The number of nitrogens with zero attached hydrogens (tertiary/aromatic N) is 4. The third-order valence-electron chi connectivity index (χ3n) is 4.09. The summed E-state index contributed by atoms with van der Waals surface area (Å²) in [5.41, 5.74) is 1.38. The van der Waals surface area contributed by atoms with Gasteiger partial charge in [0.2, 0.25) is 5.91 Å². The number of hydrogen-bond donors (Lipinski definition) is 2. The predicted molar refractivity (Wildman–Crippen MR) is 90.5 cm³/mol. The van der Waals surface area contributed by atoms with Crippen LogP contribution in [0.2, 0.25) is 0 Å². The zero-order valence-corrected chi connectivity index (χ0v) is 14.6. The van der Waals surface area contributed by atoms with Crippen molar-refractivity contribution in [2.45, 2.75) is 40.2 Å². The number of aliphatic hydroxyl groups is 1. The maximum absolute atomic E-state index is 12.1. The average molecular weight is 331 g/mol. The highest BCUT2D eigenvalue weighted by molar-refractivity contribution is 5.78. The first-order chi connectivity index (χ1) is 11.3. The lowest BCUT2D eigenvalue weighted by Crippen LogP contribution is -2.43. The fourth-order valence-electron chi connectivity index (χ4n) is 2.63. The maximum atomic E-state index is 12.1. The van der Waals surface area contributed by atoms with Crippen molar-refractivity contribution in [3.8, 4) is 5.69 Å². The van der Waals surface area contributed by atoms with E-state index >= 15 is 0 Å². The number of benzene rings is 1. The van der Waals surface area contributed by atoms with Crippen molar-refractivity contribution in [1.29, 1.82) is 0 Å². The average Bonchev–Trinajstić information content (AvgIpc) is 3.07. The van der Waals surface area contributed by atoms with Gasteiger partial charge in [0.1, 0.15) is 6.33 Å². The zero-order valence-electron chi connectivity index (χ0n) is 14.6. The Morgan fingerprint density at radius 2 is 1.96 bits per heavy atom. The fraction of sp³-hybridized carbons (Fsp3) is 0.529. The summed E-state index contributed by atoms with van der Waals surface area (Å²) >= 11 is 0. The first-order valence-corrected chi connectivity index (χ1v) is 8.06. The zero-order chi connectivity index (χ0) is 17.7. The van der Waals surface area contributed by atoms with Gasteiger partial charge in [-0.2, -0.15) is 0 Å². The number of carbonyl (C=O) groups excluding carboxylic acids is 1. The van der Waals surface area contributed by atoms with Crippen molar-refractivity contribution in [2.75, 3.05) is 6.54 Å². The van der Waals surface area contributed by atoms with Crippen LogP contribution in [0.5, 0.6) is 0 Å². The molecule has 1 unspecified atom stereocenters. The molecule has 1 atom stereocenters. The Morgan fingerprint density at radius 1 is 1.29 bits per heavy atom. The predicted octanol–water partition coefficient (Wildman–Crippen LogP) is 1.36. The Labute approximate surface area is 142 Å². The first kappa shape index (κ1) is 18.1. The van der Waals surface area contributed by atoms with Crippen molar-refractivity contribution in [1.82, 2.24) is 25.5 Å². The Hall–Kier alpha value is -2.28. The molecule has 130 valence electrons. The molecule has 2 N–H and O–H groups in total. The lowest BCUT2D eigenvalue weighted by molar-refractivity contribution is -0.121. The highest BCUT2D eigenvalue weighted by Gasteiger charge is 2.30. The van der Waals surface area contributed by atoms with Crippen LogP contribution >= 0.6 is 0 Å². The summed E-state index contributed by atoms with van der Waals surface area (Å²) in [6.07, 6.45) is 1.35. The quantitative estimate of drug-likeness (QED) is 0.799. The van der Waals surface area contributed by atoms with Crippen LogP contribution in [0.3, 0.4) is 0 Å². The van der Waals surface area contributed by atoms with Crippen LogP contribution in [0.25, 0.3) is 5.69 Å². The molecule has 7 heteroatoms. The van der Waals surface area contributed by atoms with Crippen LogP contribution in [0, 0.1) is 11.3 Å². The van der Waals surface area contributed by atoms with E-state index in [1.165, 1.54) is 6.33 Å². The molecule has 2 rings (SSSR count). The third kappa shape index (κ3) is 4.61. The molecule has 24 heavy (non-hydrogen) atoms. The van der Waals surface area contributed by atoms with E-state index in [4.69, 9.17) is 0 Å². The second-order valence-electron chi connectivity index (χ2n) is 7.05. The van der Waals surface area contributed by atoms with E-state index in [-0.39, 0.29) is 17.2 Å². The van der Waals surface area contributed by atoms with Crippen LogP contribution in [0.15, 0.2) is 30.6 Å². The number of tetrazole rings is 1. The standard InChI is InChI=1S/C17H25N5O2/c1-12(2)16(24)17(3,4)10-18-15(23)9-13-5-7-14(8-6-13)22-11-19-20-21-22/h5-8,11-12,16,24H,9-10H2,1-4H3,(H,18,23). The smallest absolute Gasteiger partial charge is 0.224 e. The van der Waals surface area contributed by atoms with Crippen LogP contribution in [-0.4, -0.2) is 43.9 Å². The molecule has 0 saturated carbocycles. The van der Waals surface area contributed by atoms with Crippen molar-refractivity contribution in [2.24, 2.45) is 11.3 Å². The molecule has 0 fully saturated rings. The highest BCUT2D eigenvalue weighted by atomic mass is 16.3. The van der Waals surface area contributed by atoms with E-state index in [1.807, 2.05) is 52.0 Å². The van der Waals surface area contributed by atoms with Crippen LogP contribution < -0.4 is 5.32 Å². The number of aromatic nitrogens is 4. The molecule has 1 aromatic heterocycles. The topological polar surface area (TPSA) is 92.9 Å². The number of aliphatic hydroxyl groups excluding tert-OH is 1. The summed E-state index contributed by atoms with van der Waals surface area (Å²) in [5, 5.41) is 24.1. The maximum Gasteiger partial charge on any atom is 0.224 e. The monoisotopic (exact) mass is 331 g/mol. The first-order valence-electron chi connectivity index (χ1n) is 8.06. The van der Waals surface area contributed by atoms with Gasteiger partial charge in [0.15, 0.2) is 0 Å². The minimum Gasteiger partial charge on any atom is -0.392 e. The van der Waals surface area contributed by atoms with Crippen molar-refractivity contribution in [3.63, 3.8) is 0 Å². The molecule has 1 amide bonds. The molecular weight excluding hydrogens is 306 g/mol. The Balaban J connectivity index is 1.88. The van der Waals surface area contributed by atoms with E-state index < -0.39 is 6.10 Å². The van der Waals surface area contributed by atoms with E-state index in [1.54, 1.807) is 4.68 Å². The van der Waals surface area contributed by atoms with Crippen LogP contribution in [-0.2, 0) is 11.2 Å². The van der Waals surface area contributed by atoms with Crippen LogP contribution in [0.4, 0.5) is 0 Å². The number of hydrogen-bond acceptors (Lipinski definition) is 5. The summed E-state index contributed by atoms with van der Waals surface area (Å²) in [6, 6.07) is 7.49. The van der Waals surface area contributed by atoms with E-state index in [2.05, 4.69) is 20.8 Å². The minimum atomic E-state index is -0.464. The van der Waals surface area contributed by atoms with E-state index in [0.29, 0.717) is 13.0 Å². The van der Waals surface area contributed by atoms with Crippen molar-refractivity contribution in [3.05, 3.63) is 36.2 Å². The third-order valence-corrected chi connectivity index (χ3v) is 4.09. The normalized spacial score (nSPS) is 13.1. The molecule has 7 nitrogen and oxygen atoms in total. The van der Waals surface area contributed by atoms with E-state index in [9.17, 15) is 9.90 Å². The molecule has 0 aliphatic rings. The van der Waals surface area contributed by atoms with Gasteiger partial charge < -0.3 is 10.4 Å². The van der Waals surface area contributed by atoms with Gasteiger partial charge in [0.25, 0.3) is 0 Å². The summed E-state index contributed by atoms with van der Waals surface area (Å²) in [7, 11) is 0. The molecule has 0 aliphatic carbocycles. The molecule has 0 spiro atoms. The van der Waals surface area contributed by atoms with Gasteiger partial charge in [-0.3, -0.25) is 4.79 Å². The summed E-state index contributed by atoms with van der Waals surface area (Å²) < 4.78 is 1.56. The Morgan fingerprint density at radius 3 is 2.50 bits per heavy atom. The Kier molecular flexibility index (Phi) is 5.66. The van der Waals surface area contributed by atoms with E-state index in [0.717, 1.165) is 11.3 Å². The van der Waals surface area contributed by atoms with Crippen LogP contribution in [0.1, 0.15) is 33.3 Å². The number of rotatable bonds is 7. The fourth-order valence-corrected chi connectivity index (χ4v) is 2.63.